The summed E-state index contributed by atoms with van der Waals surface area (Å²) in [5.74, 6) is 0.435. The minimum atomic E-state index is -0.0935. The van der Waals surface area contributed by atoms with E-state index in [9.17, 15) is 5.11 Å². The zero-order chi connectivity index (χ0) is 16.5. The van der Waals surface area contributed by atoms with Gasteiger partial charge in [0, 0.05) is 5.56 Å². The minimum Gasteiger partial charge on any atom is -0.507 e. The molecule has 1 aromatic carbocycles. The molecule has 0 aliphatic heterocycles. The topological polar surface area (TPSA) is 24.1 Å². The molecule has 2 aromatic rings. The lowest BCUT2D eigenvalue weighted by molar-refractivity contribution is -0.689. The summed E-state index contributed by atoms with van der Waals surface area (Å²) in [5, 5.41) is 10.7. The fourth-order valence-electron chi connectivity index (χ4n) is 2.62. The summed E-state index contributed by atoms with van der Waals surface area (Å²) < 4.78 is 2.19. The van der Waals surface area contributed by atoms with Crippen LogP contribution < -0.4 is 4.57 Å². The number of benzene rings is 1. The third-order valence-corrected chi connectivity index (χ3v) is 3.92. The Balaban J connectivity index is 2.56. The molecule has 0 saturated heterocycles. The van der Waals surface area contributed by atoms with Crippen LogP contribution in [0.1, 0.15) is 58.2 Å². The summed E-state index contributed by atoms with van der Waals surface area (Å²) in [6.45, 7) is 13.7. The molecule has 0 saturated carbocycles. The molecule has 0 aliphatic carbocycles. The highest BCUT2D eigenvalue weighted by Gasteiger charge is 2.30. The summed E-state index contributed by atoms with van der Waals surface area (Å²) in [4.78, 5) is 0. The third-order valence-electron chi connectivity index (χ3n) is 3.92. The summed E-state index contributed by atoms with van der Waals surface area (Å²) in [6, 6.07) is 10.4. The molecule has 0 atom stereocenters. The average molecular weight is 298 g/mol. The van der Waals surface area contributed by atoms with Gasteiger partial charge in [0.25, 0.3) is 0 Å². The molecule has 0 aliphatic rings. The van der Waals surface area contributed by atoms with Gasteiger partial charge in [0.1, 0.15) is 5.75 Å². The average Bonchev–Trinajstić information content (AvgIpc) is 2.39. The molecule has 0 amide bonds. The van der Waals surface area contributed by atoms with E-state index in [0.717, 1.165) is 17.7 Å². The number of hydrogen-bond acceptors (Lipinski definition) is 1. The van der Waals surface area contributed by atoms with Crippen molar-refractivity contribution in [3.63, 3.8) is 0 Å². The highest BCUT2D eigenvalue weighted by molar-refractivity contribution is 5.43. The van der Waals surface area contributed by atoms with Gasteiger partial charge in [0.05, 0.1) is 11.1 Å². The van der Waals surface area contributed by atoms with Gasteiger partial charge in [-0.3, -0.25) is 0 Å². The van der Waals surface area contributed by atoms with Crippen molar-refractivity contribution in [1.29, 1.82) is 0 Å². The monoisotopic (exact) mass is 298 g/mol. The molecular weight excluding hydrogens is 270 g/mol. The smallest absolute Gasteiger partial charge is 0.176 e. The zero-order valence-electron chi connectivity index (χ0n) is 14.6. The first-order valence-electron chi connectivity index (χ1n) is 7.90. The predicted octanol–water partition coefficient (Wildman–Crippen LogP) is 4.32. The van der Waals surface area contributed by atoms with Gasteiger partial charge in [-0.1, -0.05) is 71.9 Å². The Morgan fingerprint density at radius 3 is 1.68 bits per heavy atom. The lowest BCUT2D eigenvalue weighted by Crippen LogP contribution is -2.38. The maximum absolute atomic E-state index is 10.7. The first kappa shape index (κ1) is 16.5. The normalized spacial score (nSPS) is 12.5. The van der Waals surface area contributed by atoms with Crippen LogP contribution in [-0.4, -0.2) is 5.11 Å². The van der Waals surface area contributed by atoms with Crippen molar-refractivity contribution in [3.8, 4) is 5.75 Å². The van der Waals surface area contributed by atoms with Gasteiger partial charge in [-0.25, -0.2) is 0 Å². The number of pyridine rings is 1. The summed E-state index contributed by atoms with van der Waals surface area (Å²) in [6.07, 6.45) is 4.16. The van der Waals surface area contributed by atoms with Gasteiger partial charge in [0.15, 0.2) is 18.9 Å². The first-order valence-corrected chi connectivity index (χ1v) is 7.90. The molecule has 1 aromatic heterocycles. The third kappa shape index (κ3) is 3.68. The number of aromatic hydroxyl groups is 1. The van der Waals surface area contributed by atoms with E-state index in [1.54, 1.807) is 0 Å². The highest BCUT2D eigenvalue weighted by Crippen LogP contribution is 2.37. The lowest BCUT2D eigenvalue weighted by atomic mass is 9.81. The lowest BCUT2D eigenvalue weighted by Gasteiger charge is -2.25. The summed E-state index contributed by atoms with van der Waals surface area (Å²) in [5.41, 5.74) is 3.07. The number of hydrogen-bond donors (Lipinski definition) is 1. The molecule has 22 heavy (non-hydrogen) atoms. The highest BCUT2D eigenvalue weighted by atomic mass is 16.3. The van der Waals surface area contributed by atoms with E-state index >= 15 is 0 Å². The van der Waals surface area contributed by atoms with Gasteiger partial charge in [-0.05, 0) is 10.8 Å². The summed E-state index contributed by atoms with van der Waals surface area (Å²) in [7, 11) is 0. The van der Waals surface area contributed by atoms with Crippen LogP contribution in [0.4, 0.5) is 0 Å². The Bertz CT molecular complexity index is 611. The van der Waals surface area contributed by atoms with Crippen LogP contribution in [0.3, 0.4) is 0 Å². The maximum Gasteiger partial charge on any atom is 0.176 e. The molecule has 118 valence electrons. The van der Waals surface area contributed by atoms with Crippen molar-refractivity contribution in [3.05, 3.63) is 59.4 Å². The van der Waals surface area contributed by atoms with Crippen LogP contribution in [0.15, 0.2) is 42.7 Å². The van der Waals surface area contributed by atoms with E-state index in [1.807, 2.05) is 6.07 Å². The van der Waals surface area contributed by atoms with E-state index < -0.39 is 0 Å². The van der Waals surface area contributed by atoms with Gasteiger partial charge in [-0.15, -0.1) is 0 Å². The number of aromatic nitrogens is 1. The van der Waals surface area contributed by atoms with Crippen LogP contribution in [0.25, 0.3) is 0 Å². The standard InChI is InChI=1S/C20H27NO/c1-19(2,3)16-13-21(12-15-10-8-7-9-11-15)14-17(18(16)22)20(4,5)6/h7-11,13-14H,12H2,1-6H3/p+1. The first-order chi connectivity index (χ1) is 10.1. The fraction of sp³-hybridized carbons (Fsp3) is 0.450. The molecule has 1 N–H and O–H groups in total. The second-order valence-corrected chi connectivity index (χ2v) is 8.09. The molecule has 0 unspecified atom stereocenters. The van der Waals surface area contributed by atoms with Crippen molar-refractivity contribution in [2.45, 2.75) is 58.9 Å². The minimum absolute atomic E-state index is 0.0935. The maximum atomic E-state index is 10.7. The van der Waals surface area contributed by atoms with E-state index in [0.29, 0.717) is 5.75 Å². The van der Waals surface area contributed by atoms with Crippen molar-refractivity contribution >= 4 is 0 Å². The molecular formula is C20H28NO+. The van der Waals surface area contributed by atoms with E-state index in [2.05, 4.69) is 82.8 Å². The Morgan fingerprint density at radius 1 is 0.818 bits per heavy atom. The van der Waals surface area contributed by atoms with E-state index in [4.69, 9.17) is 0 Å². The van der Waals surface area contributed by atoms with Crippen LogP contribution in [0, 0.1) is 0 Å². The summed E-state index contributed by atoms with van der Waals surface area (Å²) >= 11 is 0. The molecule has 2 nitrogen and oxygen atoms in total. The molecule has 1 heterocycles. The fourth-order valence-corrected chi connectivity index (χ4v) is 2.62. The van der Waals surface area contributed by atoms with Gasteiger partial charge >= 0.3 is 0 Å². The van der Waals surface area contributed by atoms with Crippen LogP contribution in [0.5, 0.6) is 5.75 Å². The number of nitrogens with zero attached hydrogens (tertiary/aromatic N) is 1. The molecule has 0 spiro atoms. The van der Waals surface area contributed by atoms with Crippen molar-refractivity contribution in [2.75, 3.05) is 0 Å². The Kier molecular flexibility index (Phi) is 4.32. The Labute approximate surface area is 134 Å². The van der Waals surface area contributed by atoms with Crippen LogP contribution in [0.2, 0.25) is 0 Å². The Hall–Kier alpha value is -1.83. The van der Waals surface area contributed by atoms with Crippen molar-refractivity contribution in [1.82, 2.24) is 0 Å². The second kappa shape index (κ2) is 5.75. The second-order valence-electron chi connectivity index (χ2n) is 8.09. The SMILES string of the molecule is CC(C)(C)c1c[n+](Cc2ccccc2)cc(C(C)(C)C)c1O. The molecule has 2 heteroatoms. The van der Waals surface area contributed by atoms with Gasteiger partial charge in [0.2, 0.25) is 0 Å². The van der Waals surface area contributed by atoms with Crippen LogP contribution >= 0.6 is 0 Å². The Morgan fingerprint density at radius 2 is 1.27 bits per heavy atom. The van der Waals surface area contributed by atoms with E-state index in [-0.39, 0.29) is 10.8 Å². The van der Waals surface area contributed by atoms with Gasteiger partial charge < -0.3 is 5.11 Å². The van der Waals surface area contributed by atoms with Crippen molar-refractivity contribution < 1.29 is 9.67 Å². The zero-order valence-corrected chi connectivity index (χ0v) is 14.6. The molecule has 0 radical (unpaired) electrons. The predicted molar refractivity (Wildman–Crippen MR) is 91.2 cm³/mol. The largest absolute Gasteiger partial charge is 0.507 e. The molecule has 0 fully saturated rings. The van der Waals surface area contributed by atoms with Crippen LogP contribution in [-0.2, 0) is 17.4 Å². The van der Waals surface area contributed by atoms with E-state index in [1.165, 1.54) is 5.56 Å². The van der Waals surface area contributed by atoms with Crippen molar-refractivity contribution in [2.24, 2.45) is 0 Å². The quantitative estimate of drug-likeness (QED) is 0.820. The van der Waals surface area contributed by atoms with Gasteiger partial charge in [-0.2, -0.15) is 4.57 Å². The molecule has 0 bridgehead atoms. The number of rotatable bonds is 2. The molecule has 2 rings (SSSR count).